The van der Waals surface area contributed by atoms with Crippen LogP contribution >= 0.6 is 15.9 Å². The van der Waals surface area contributed by atoms with Gasteiger partial charge in [-0.2, -0.15) is 0 Å². The van der Waals surface area contributed by atoms with E-state index in [1.807, 2.05) is 25.1 Å². The maximum atomic E-state index is 5.44. The molecule has 2 N–H and O–H groups in total. The van der Waals surface area contributed by atoms with Gasteiger partial charge < -0.3 is 4.74 Å². The summed E-state index contributed by atoms with van der Waals surface area (Å²) in [6, 6.07) is 5.76. The SMILES string of the molecule is CCOc1c(Br)cccc1CON. The molecule has 0 radical (unpaired) electrons. The van der Waals surface area contributed by atoms with Crippen molar-refractivity contribution < 1.29 is 9.57 Å². The van der Waals surface area contributed by atoms with Crippen LogP contribution in [0.3, 0.4) is 0 Å². The first-order valence-electron chi connectivity index (χ1n) is 4.01. The number of benzene rings is 1. The highest BCUT2D eigenvalue weighted by Gasteiger charge is 2.06. The average Bonchev–Trinajstić information content (AvgIpc) is 2.11. The summed E-state index contributed by atoms with van der Waals surface area (Å²) in [4.78, 5) is 4.57. The molecule has 0 aliphatic carbocycles. The predicted octanol–water partition coefficient (Wildman–Crippen LogP) is 2.24. The molecule has 1 rings (SSSR count). The number of hydrogen-bond acceptors (Lipinski definition) is 3. The molecule has 3 nitrogen and oxygen atoms in total. The van der Waals surface area contributed by atoms with E-state index in [0.717, 1.165) is 15.8 Å². The van der Waals surface area contributed by atoms with Crippen molar-refractivity contribution >= 4 is 15.9 Å². The van der Waals surface area contributed by atoms with E-state index >= 15 is 0 Å². The number of ether oxygens (including phenoxy) is 1. The Hall–Kier alpha value is -0.580. The maximum Gasteiger partial charge on any atom is 0.139 e. The number of para-hydroxylation sites is 1. The van der Waals surface area contributed by atoms with E-state index in [9.17, 15) is 0 Å². The molecule has 0 aromatic heterocycles. The Bertz CT molecular complexity index is 278. The molecule has 0 saturated heterocycles. The number of halogens is 1. The largest absolute Gasteiger partial charge is 0.492 e. The summed E-state index contributed by atoms with van der Waals surface area (Å²) in [5.41, 5.74) is 0.943. The molecular formula is C9H12BrNO2. The Morgan fingerprint density at radius 2 is 2.23 bits per heavy atom. The topological polar surface area (TPSA) is 44.5 Å². The number of nitrogens with two attached hydrogens (primary N) is 1. The molecule has 0 spiro atoms. The van der Waals surface area contributed by atoms with E-state index in [1.54, 1.807) is 0 Å². The average molecular weight is 246 g/mol. The first kappa shape index (κ1) is 10.5. The van der Waals surface area contributed by atoms with Gasteiger partial charge in [0.25, 0.3) is 0 Å². The van der Waals surface area contributed by atoms with Gasteiger partial charge in [0, 0.05) is 5.56 Å². The van der Waals surface area contributed by atoms with E-state index in [2.05, 4.69) is 20.8 Å². The fourth-order valence-corrected chi connectivity index (χ4v) is 1.58. The molecule has 1 aromatic carbocycles. The van der Waals surface area contributed by atoms with Crippen LogP contribution in [0.5, 0.6) is 5.75 Å². The molecule has 0 atom stereocenters. The van der Waals surface area contributed by atoms with Crippen molar-refractivity contribution in [3.05, 3.63) is 28.2 Å². The third-order valence-corrected chi connectivity index (χ3v) is 2.20. The molecular weight excluding hydrogens is 234 g/mol. The molecule has 0 fully saturated rings. The Morgan fingerprint density at radius 1 is 1.46 bits per heavy atom. The summed E-state index contributed by atoms with van der Waals surface area (Å²) in [5.74, 6) is 5.81. The van der Waals surface area contributed by atoms with Crippen LogP contribution in [0.15, 0.2) is 22.7 Å². The smallest absolute Gasteiger partial charge is 0.139 e. The molecule has 72 valence electrons. The fourth-order valence-electron chi connectivity index (χ4n) is 1.06. The van der Waals surface area contributed by atoms with Crippen LogP contribution in [0.4, 0.5) is 0 Å². The lowest BCUT2D eigenvalue weighted by Gasteiger charge is -2.10. The second-order valence-corrected chi connectivity index (χ2v) is 3.33. The van der Waals surface area contributed by atoms with Crippen molar-refractivity contribution in [1.29, 1.82) is 0 Å². The van der Waals surface area contributed by atoms with Crippen LogP contribution in [0.25, 0.3) is 0 Å². The van der Waals surface area contributed by atoms with Gasteiger partial charge in [-0.1, -0.05) is 12.1 Å². The molecule has 1 aromatic rings. The predicted molar refractivity (Wildman–Crippen MR) is 54.3 cm³/mol. The van der Waals surface area contributed by atoms with E-state index < -0.39 is 0 Å². The molecule has 0 unspecified atom stereocenters. The lowest BCUT2D eigenvalue weighted by Crippen LogP contribution is -2.03. The minimum atomic E-state index is 0.356. The summed E-state index contributed by atoms with van der Waals surface area (Å²) in [6.07, 6.45) is 0. The lowest BCUT2D eigenvalue weighted by atomic mass is 10.2. The van der Waals surface area contributed by atoms with Crippen molar-refractivity contribution in [2.24, 2.45) is 5.90 Å². The molecule has 0 bridgehead atoms. The van der Waals surface area contributed by atoms with Crippen LogP contribution in [0, 0.1) is 0 Å². The van der Waals surface area contributed by atoms with Gasteiger partial charge >= 0.3 is 0 Å². The summed E-state index contributed by atoms with van der Waals surface area (Å²) in [5, 5.41) is 0. The summed E-state index contributed by atoms with van der Waals surface area (Å²) in [6.45, 7) is 2.92. The molecule has 13 heavy (non-hydrogen) atoms. The zero-order valence-corrected chi connectivity index (χ0v) is 9.00. The van der Waals surface area contributed by atoms with Crippen molar-refractivity contribution in [2.45, 2.75) is 13.5 Å². The van der Waals surface area contributed by atoms with Crippen molar-refractivity contribution in [3.63, 3.8) is 0 Å². The normalized spacial score (nSPS) is 10.1. The zero-order valence-electron chi connectivity index (χ0n) is 7.42. The highest BCUT2D eigenvalue weighted by Crippen LogP contribution is 2.29. The van der Waals surface area contributed by atoms with Crippen LogP contribution < -0.4 is 10.6 Å². The van der Waals surface area contributed by atoms with Crippen LogP contribution in [-0.2, 0) is 11.4 Å². The monoisotopic (exact) mass is 245 g/mol. The van der Waals surface area contributed by atoms with Gasteiger partial charge in [0.05, 0.1) is 17.7 Å². The first-order valence-corrected chi connectivity index (χ1v) is 4.80. The molecule has 4 heteroatoms. The highest BCUT2D eigenvalue weighted by atomic mass is 79.9. The third kappa shape index (κ3) is 2.69. The number of hydrogen-bond donors (Lipinski definition) is 1. The number of rotatable bonds is 4. The fraction of sp³-hybridized carbons (Fsp3) is 0.333. The van der Waals surface area contributed by atoms with Crippen LogP contribution in [0.1, 0.15) is 12.5 Å². The van der Waals surface area contributed by atoms with Gasteiger partial charge in [0.2, 0.25) is 0 Å². The van der Waals surface area contributed by atoms with Crippen molar-refractivity contribution in [2.75, 3.05) is 6.61 Å². The van der Waals surface area contributed by atoms with Gasteiger partial charge in [0.1, 0.15) is 5.75 Å². The quantitative estimate of drug-likeness (QED) is 0.828. The molecule has 0 heterocycles. The lowest BCUT2D eigenvalue weighted by molar-refractivity contribution is 0.121. The Balaban J connectivity index is 2.95. The Labute approximate surface area is 85.9 Å². The van der Waals surface area contributed by atoms with E-state index in [0.29, 0.717) is 13.2 Å². The summed E-state index contributed by atoms with van der Waals surface area (Å²) in [7, 11) is 0. The Morgan fingerprint density at radius 3 is 2.85 bits per heavy atom. The van der Waals surface area contributed by atoms with Crippen LogP contribution in [-0.4, -0.2) is 6.61 Å². The van der Waals surface area contributed by atoms with Gasteiger partial charge in [0.15, 0.2) is 0 Å². The highest BCUT2D eigenvalue weighted by molar-refractivity contribution is 9.10. The molecule has 0 saturated carbocycles. The summed E-state index contributed by atoms with van der Waals surface area (Å²) < 4.78 is 6.36. The van der Waals surface area contributed by atoms with Gasteiger partial charge in [-0.3, -0.25) is 4.84 Å². The molecule has 0 aliphatic rings. The third-order valence-electron chi connectivity index (χ3n) is 1.58. The Kier molecular flexibility index (Phi) is 4.21. The van der Waals surface area contributed by atoms with E-state index in [1.165, 1.54) is 0 Å². The van der Waals surface area contributed by atoms with Crippen LogP contribution in [0.2, 0.25) is 0 Å². The zero-order chi connectivity index (χ0) is 9.68. The minimum Gasteiger partial charge on any atom is -0.492 e. The molecule has 0 aliphatic heterocycles. The first-order chi connectivity index (χ1) is 6.29. The van der Waals surface area contributed by atoms with Crippen molar-refractivity contribution in [1.82, 2.24) is 0 Å². The van der Waals surface area contributed by atoms with Gasteiger partial charge in [-0.05, 0) is 28.9 Å². The van der Waals surface area contributed by atoms with Crippen molar-refractivity contribution in [3.8, 4) is 5.75 Å². The minimum absolute atomic E-state index is 0.356. The maximum absolute atomic E-state index is 5.44. The van der Waals surface area contributed by atoms with E-state index in [4.69, 9.17) is 10.6 Å². The van der Waals surface area contributed by atoms with Gasteiger partial charge in [-0.25, -0.2) is 5.90 Å². The second-order valence-electron chi connectivity index (χ2n) is 2.47. The summed E-state index contributed by atoms with van der Waals surface area (Å²) >= 11 is 3.40. The second kappa shape index (κ2) is 5.21. The van der Waals surface area contributed by atoms with E-state index in [-0.39, 0.29) is 0 Å². The molecule has 0 amide bonds. The van der Waals surface area contributed by atoms with Gasteiger partial charge in [-0.15, -0.1) is 0 Å². The standard InChI is InChI=1S/C9H12BrNO2/c1-2-12-9-7(6-13-11)4-3-5-8(9)10/h3-5H,2,6,11H2,1H3.